The maximum Gasteiger partial charge on any atom is 0.228 e. The molecule has 0 bridgehead atoms. The highest BCUT2D eigenvalue weighted by atomic mass is 35.5. The molecular formula is C18H33ClN8. The van der Waals surface area contributed by atoms with Crippen LogP contribution in [-0.4, -0.2) is 46.1 Å². The Morgan fingerprint density at radius 3 is 1.70 bits per heavy atom. The lowest BCUT2D eigenvalue weighted by Gasteiger charge is -2.27. The zero-order valence-electron chi connectivity index (χ0n) is 16.9. The van der Waals surface area contributed by atoms with Gasteiger partial charge in [-0.05, 0) is 25.7 Å². The Morgan fingerprint density at radius 2 is 1.19 bits per heavy atom. The van der Waals surface area contributed by atoms with Crippen molar-refractivity contribution in [2.45, 2.75) is 53.4 Å². The number of fused-ring (bicyclic) bond motifs is 1. The fourth-order valence-corrected chi connectivity index (χ4v) is 3.11. The molecule has 0 amide bonds. The molecule has 0 aliphatic heterocycles. The van der Waals surface area contributed by atoms with Gasteiger partial charge >= 0.3 is 0 Å². The van der Waals surface area contributed by atoms with E-state index in [1.54, 1.807) is 0 Å². The first-order chi connectivity index (χ1) is 12.5. The number of rotatable bonds is 10. The van der Waals surface area contributed by atoms with E-state index in [0.29, 0.717) is 22.8 Å². The van der Waals surface area contributed by atoms with E-state index in [-0.39, 0.29) is 18.4 Å². The van der Waals surface area contributed by atoms with Gasteiger partial charge in [0.25, 0.3) is 0 Å². The van der Waals surface area contributed by atoms with Crippen LogP contribution < -0.4 is 21.3 Å². The summed E-state index contributed by atoms with van der Waals surface area (Å²) >= 11 is 0. The summed E-state index contributed by atoms with van der Waals surface area (Å²) < 4.78 is 0. The fraction of sp³-hybridized carbons (Fsp3) is 0.667. The summed E-state index contributed by atoms with van der Waals surface area (Å²) in [6, 6.07) is 0. The van der Waals surface area contributed by atoms with Crippen LogP contribution in [0.25, 0.3) is 11.0 Å². The third-order valence-corrected chi connectivity index (χ3v) is 4.11. The molecule has 0 saturated carbocycles. The van der Waals surface area contributed by atoms with Gasteiger partial charge in [-0.25, -0.2) is 9.97 Å². The van der Waals surface area contributed by atoms with Gasteiger partial charge in [-0.1, -0.05) is 27.7 Å². The molecule has 0 aromatic carbocycles. The van der Waals surface area contributed by atoms with Crippen molar-refractivity contribution in [2.24, 2.45) is 0 Å². The zero-order valence-corrected chi connectivity index (χ0v) is 17.7. The van der Waals surface area contributed by atoms with Gasteiger partial charge in [-0.15, -0.1) is 12.4 Å². The van der Waals surface area contributed by atoms with Gasteiger partial charge in [0.2, 0.25) is 11.9 Å². The van der Waals surface area contributed by atoms with Gasteiger partial charge in [0.15, 0.2) is 11.6 Å². The average Bonchev–Trinajstić information content (AvgIpc) is 2.61. The number of nitrogen functional groups attached to an aromatic ring is 2. The molecule has 0 spiro atoms. The number of nitrogens with two attached hydrogens (primary N) is 2. The Morgan fingerprint density at radius 1 is 0.667 bits per heavy atom. The molecule has 2 aromatic rings. The van der Waals surface area contributed by atoms with E-state index in [9.17, 15) is 0 Å². The van der Waals surface area contributed by atoms with Crippen molar-refractivity contribution in [1.82, 2.24) is 19.9 Å². The minimum atomic E-state index is 0. The van der Waals surface area contributed by atoms with E-state index in [4.69, 9.17) is 21.4 Å². The van der Waals surface area contributed by atoms with Crippen LogP contribution in [0.1, 0.15) is 53.4 Å². The molecule has 4 N–H and O–H groups in total. The predicted molar refractivity (Wildman–Crippen MR) is 117 cm³/mol. The highest BCUT2D eigenvalue weighted by Gasteiger charge is 2.20. The highest BCUT2D eigenvalue weighted by Crippen LogP contribution is 2.29. The normalized spacial score (nSPS) is 10.7. The second kappa shape index (κ2) is 10.9. The van der Waals surface area contributed by atoms with E-state index in [2.05, 4.69) is 47.5 Å². The Balaban J connectivity index is 0.00000364. The average molecular weight is 397 g/mol. The molecule has 0 fully saturated rings. The Hall–Kier alpha value is -2.09. The Bertz CT molecular complexity index is 712. The number of nitrogens with zero attached hydrogens (tertiary/aromatic N) is 6. The number of hydrogen-bond donors (Lipinski definition) is 2. The smallest absolute Gasteiger partial charge is 0.228 e. The third-order valence-electron chi connectivity index (χ3n) is 4.11. The van der Waals surface area contributed by atoms with E-state index in [1.807, 2.05) is 0 Å². The number of halogens is 1. The van der Waals surface area contributed by atoms with Gasteiger partial charge in [0.1, 0.15) is 11.0 Å². The van der Waals surface area contributed by atoms with Gasteiger partial charge in [0.05, 0.1) is 0 Å². The molecule has 2 aromatic heterocycles. The molecule has 2 rings (SSSR count). The SMILES string of the molecule is CCCN(CCC)c1nc(N(CCC)CCC)c2nc(N)nc(N)c2n1.Cl. The quantitative estimate of drug-likeness (QED) is 0.629. The van der Waals surface area contributed by atoms with Crippen molar-refractivity contribution in [3.8, 4) is 0 Å². The highest BCUT2D eigenvalue weighted by molar-refractivity contribution is 5.93. The second-order valence-electron chi connectivity index (χ2n) is 6.49. The van der Waals surface area contributed by atoms with Crippen LogP contribution in [0.5, 0.6) is 0 Å². The summed E-state index contributed by atoms with van der Waals surface area (Å²) in [5.41, 5.74) is 13.2. The first-order valence-corrected chi connectivity index (χ1v) is 9.66. The molecule has 0 aliphatic carbocycles. The third kappa shape index (κ3) is 5.45. The van der Waals surface area contributed by atoms with Crippen LogP contribution in [0.15, 0.2) is 0 Å². The van der Waals surface area contributed by atoms with Crippen molar-refractivity contribution >= 4 is 47.0 Å². The molecule has 0 saturated heterocycles. The van der Waals surface area contributed by atoms with Crippen LogP contribution in [0, 0.1) is 0 Å². The monoisotopic (exact) mass is 396 g/mol. The topological polar surface area (TPSA) is 110 Å². The minimum Gasteiger partial charge on any atom is -0.382 e. The van der Waals surface area contributed by atoms with Crippen molar-refractivity contribution in [3.05, 3.63) is 0 Å². The summed E-state index contributed by atoms with van der Waals surface area (Å²) in [5, 5.41) is 0. The number of anilines is 4. The molecule has 152 valence electrons. The molecule has 0 aliphatic rings. The molecule has 2 heterocycles. The van der Waals surface area contributed by atoms with E-state index >= 15 is 0 Å². The summed E-state index contributed by atoms with van der Waals surface area (Å²) in [4.78, 5) is 22.6. The molecule has 0 unspecified atom stereocenters. The van der Waals surface area contributed by atoms with Gasteiger partial charge in [0, 0.05) is 26.2 Å². The molecule has 0 atom stereocenters. The van der Waals surface area contributed by atoms with Crippen molar-refractivity contribution < 1.29 is 0 Å². The molecule has 9 heteroatoms. The standard InChI is InChI=1S/C18H32N8.ClH/c1-5-9-25(10-6-2)16-14-13(15(19)23-17(20)21-14)22-18(24-16)26(11-7-3)12-8-4;/h5-12H2,1-4H3,(H4,19,20,21,23);1H. The lowest BCUT2D eigenvalue weighted by molar-refractivity contribution is 0.710. The van der Waals surface area contributed by atoms with Crippen LogP contribution >= 0.6 is 12.4 Å². The first-order valence-electron chi connectivity index (χ1n) is 9.66. The molecule has 8 nitrogen and oxygen atoms in total. The summed E-state index contributed by atoms with van der Waals surface area (Å²) in [5.74, 6) is 1.94. The summed E-state index contributed by atoms with van der Waals surface area (Å²) in [7, 11) is 0. The van der Waals surface area contributed by atoms with Crippen LogP contribution in [0.3, 0.4) is 0 Å². The lowest BCUT2D eigenvalue weighted by Crippen LogP contribution is -2.30. The number of hydrogen-bond acceptors (Lipinski definition) is 8. The summed E-state index contributed by atoms with van der Waals surface area (Å²) in [6.45, 7) is 12.2. The maximum atomic E-state index is 6.13. The molecule has 27 heavy (non-hydrogen) atoms. The van der Waals surface area contributed by atoms with Gasteiger partial charge < -0.3 is 21.3 Å². The number of aromatic nitrogens is 4. The summed E-state index contributed by atoms with van der Waals surface area (Å²) in [6.07, 6.45) is 4.09. The fourth-order valence-electron chi connectivity index (χ4n) is 3.11. The van der Waals surface area contributed by atoms with E-state index in [0.717, 1.165) is 57.7 Å². The van der Waals surface area contributed by atoms with Crippen molar-refractivity contribution in [1.29, 1.82) is 0 Å². The molecular weight excluding hydrogens is 364 g/mol. The maximum absolute atomic E-state index is 6.13. The van der Waals surface area contributed by atoms with Gasteiger partial charge in [-0.2, -0.15) is 9.97 Å². The van der Waals surface area contributed by atoms with Crippen molar-refractivity contribution in [3.63, 3.8) is 0 Å². The predicted octanol–water partition coefficient (Wildman–Crippen LogP) is 3.26. The van der Waals surface area contributed by atoms with E-state index in [1.165, 1.54) is 0 Å². The van der Waals surface area contributed by atoms with Gasteiger partial charge in [-0.3, -0.25) is 0 Å². The zero-order chi connectivity index (χ0) is 19.1. The van der Waals surface area contributed by atoms with E-state index < -0.39 is 0 Å². The first kappa shape index (κ1) is 23.0. The Labute approximate surface area is 168 Å². The van der Waals surface area contributed by atoms with Crippen molar-refractivity contribution in [2.75, 3.05) is 47.4 Å². The largest absolute Gasteiger partial charge is 0.382 e. The minimum absolute atomic E-state index is 0. The van der Waals surface area contributed by atoms with Crippen LogP contribution in [0.2, 0.25) is 0 Å². The van der Waals surface area contributed by atoms with Crippen LogP contribution in [0.4, 0.5) is 23.5 Å². The lowest BCUT2D eigenvalue weighted by atomic mass is 10.3. The second-order valence-corrected chi connectivity index (χ2v) is 6.49. The van der Waals surface area contributed by atoms with Crippen LogP contribution in [-0.2, 0) is 0 Å². The molecule has 0 radical (unpaired) electrons. The Kier molecular flexibility index (Phi) is 9.28.